The van der Waals surface area contributed by atoms with Crippen molar-refractivity contribution in [3.05, 3.63) is 176 Å². The topological polar surface area (TPSA) is 121 Å². The van der Waals surface area contributed by atoms with Crippen LogP contribution in [0.1, 0.15) is 11.5 Å². The molecular weight excluding hydrogens is 697 g/mol. The van der Waals surface area contributed by atoms with E-state index < -0.39 is 0 Å². The van der Waals surface area contributed by atoms with E-state index in [1.54, 1.807) is 36.5 Å². The summed E-state index contributed by atoms with van der Waals surface area (Å²) < 4.78 is 13.1. The molecule has 0 bridgehead atoms. The first-order valence-corrected chi connectivity index (χ1v) is 18.2. The Bertz CT molecular complexity index is 3050. The molecule has 0 amide bonds. The van der Waals surface area contributed by atoms with Crippen LogP contribution in [0.3, 0.4) is 0 Å². The lowest BCUT2D eigenvalue weighted by Crippen LogP contribution is -1.89. The number of H-pyrrole nitrogens is 1. The van der Waals surface area contributed by atoms with Crippen molar-refractivity contribution < 1.29 is 19.0 Å². The normalized spacial score (nSPS) is 11.4. The van der Waals surface area contributed by atoms with Crippen LogP contribution in [0.2, 0.25) is 0 Å². The molecular formula is C48H32N4O4. The zero-order valence-corrected chi connectivity index (χ0v) is 29.8. The van der Waals surface area contributed by atoms with E-state index in [0.717, 1.165) is 55.2 Å². The molecule has 56 heavy (non-hydrogen) atoms. The van der Waals surface area contributed by atoms with Gasteiger partial charge in [-0.15, -0.1) is 0 Å². The van der Waals surface area contributed by atoms with E-state index in [1.165, 1.54) is 0 Å². The Balaban J connectivity index is 1.06. The van der Waals surface area contributed by atoms with Crippen LogP contribution in [0, 0.1) is 0 Å². The molecule has 0 atom stereocenters. The van der Waals surface area contributed by atoms with E-state index in [1.807, 2.05) is 121 Å². The van der Waals surface area contributed by atoms with Crippen molar-refractivity contribution in [3.8, 4) is 79.2 Å². The summed E-state index contributed by atoms with van der Waals surface area (Å²) in [5.74, 6) is 2.26. The molecule has 10 rings (SSSR count). The number of hydrogen-bond donors (Lipinski definition) is 3. The fraction of sp³-hybridized carbons (Fsp3) is 0.0208. The summed E-state index contributed by atoms with van der Waals surface area (Å²) >= 11 is 0. The van der Waals surface area contributed by atoms with Crippen molar-refractivity contribution in [3.63, 3.8) is 0 Å². The molecule has 268 valence electrons. The van der Waals surface area contributed by atoms with E-state index in [9.17, 15) is 10.2 Å². The summed E-state index contributed by atoms with van der Waals surface area (Å²) in [4.78, 5) is 18.0. The van der Waals surface area contributed by atoms with Gasteiger partial charge in [0.25, 0.3) is 0 Å². The lowest BCUT2D eigenvalue weighted by molar-refractivity contribution is 0.474. The van der Waals surface area contributed by atoms with Crippen molar-refractivity contribution in [2.45, 2.75) is 6.42 Å². The molecule has 0 radical (unpaired) electrons. The number of nitrogens with one attached hydrogen (secondary N) is 1. The molecule has 4 heterocycles. The first-order chi connectivity index (χ1) is 27.5. The van der Waals surface area contributed by atoms with Gasteiger partial charge < -0.3 is 24.0 Å². The first kappa shape index (κ1) is 32.9. The van der Waals surface area contributed by atoms with Crippen molar-refractivity contribution in [1.82, 2.24) is 19.9 Å². The average Bonchev–Trinajstić information content (AvgIpc) is 3.99. The molecule has 0 aliphatic heterocycles. The third-order valence-corrected chi connectivity index (χ3v) is 9.96. The predicted octanol–water partition coefficient (Wildman–Crippen LogP) is 11.7. The van der Waals surface area contributed by atoms with Gasteiger partial charge in [0.1, 0.15) is 22.9 Å². The number of phenols is 2. The maximum atomic E-state index is 11.2. The molecule has 0 saturated heterocycles. The smallest absolute Gasteiger partial charge is 0.228 e. The standard InChI is InChI=1S/C48H32N4O4/c53-38-16-9-15-33(23-38)46-45(51-43(55-46)26-36-27-50-42-19-7-5-17-40(36)42)35-22-34(24-39(54)25-35)30-13-8-14-32(20-30)47-44(29-10-2-1-3-11-29)52-48(56-47)37-21-31-12-4-6-18-41(31)49-28-37/h1-25,27-28,50,53-54H,26H2. The number of aromatic nitrogens is 4. The van der Waals surface area contributed by atoms with E-state index in [2.05, 4.69) is 16.0 Å². The maximum absolute atomic E-state index is 11.2. The second-order valence-corrected chi connectivity index (χ2v) is 13.7. The highest BCUT2D eigenvalue weighted by Gasteiger charge is 2.22. The molecule has 10 aromatic rings. The molecule has 0 saturated carbocycles. The minimum Gasteiger partial charge on any atom is -0.508 e. The summed E-state index contributed by atoms with van der Waals surface area (Å²) in [6, 6.07) is 48.4. The number of fused-ring (bicyclic) bond motifs is 2. The van der Waals surface area contributed by atoms with Crippen molar-refractivity contribution in [1.29, 1.82) is 0 Å². The van der Waals surface area contributed by atoms with Gasteiger partial charge in [0.05, 0.1) is 17.5 Å². The minimum atomic E-state index is 0.0710. The number of rotatable bonds is 8. The molecule has 4 aromatic heterocycles. The number of nitrogens with zero attached hydrogens (tertiary/aromatic N) is 3. The number of hydrogen-bond acceptors (Lipinski definition) is 7. The Morgan fingerprint density at radius 3 is 2.09 bits per heavy atom. The van der Waals surface area contributed by atoms with Crippen LogP contribution in [-0.4, -0.2) is 30.1 Å². The van der Waals surface area contributed by atoms with Crippen LogP contribution in [0.4, 0.5) is 0 Å². The highest BCUT2D eigenvalue weighted by Crippen LogP contribution is 2.41. The predicted molar refractivity (Wildman–Crippen MR) is 219 cm³/mol. The Morgan fingerprint density at radius 1 is 0.518 bits per heavy atom. The minimum absolute atomic E-state index is 0.0710. The Labute approximate surface area is 321 Å². The van der Waals surface area contributed by atoms with Gasteiger partial charge in [0.15, 0.2) is 17.4 Å². The quantitative estimate of drug-likeness (QED) is 0.142. The molecule has 8 nitrogen and oxygen atoms in total. The number of phenolic OH excluding ortho intramolecular Hbond substituents is 2. The monoisotopic (exact) mass is 728 g/mol. The van der Waals surface area contributed by atoms with E-state index in [4.69, 9.17) is 18.8 Å². The van der Waals surface area contributed by atoms with Crippen molar-refractivity contribution in [2.75, 3.05) is 0 Å². The fourth-order valence-corrected chi connectivity index (χ4v) is 7.29. The molecule has 0 spiro atoms. The molecule has 6 aromatic carbocycles. The van der Waals surface area contributed by atoms with Crippen LogP contribution in [0.25, 0.3) is 89.5 Å². The summed E-state index contributed by atoms with van der Waals surface area (Å²) in [6.45, 7) is 0. The van der Waals surface area contributed by atoms with E-state index >= 15 is 0 Å². The van der Waals surface area contributed by atoms with Gasteiger partial charge in [-0.05, 0) is 71.3 Å². The zero-order chi connectivity index (χ0) is 37.6. The summed E-state index contributed by atoms with van der Waals surface area (Å²) in [5.41, 5.74) is 9.71. The maximum Gasteiger partial charge on any atom is 0.228 e. The largest absolute Gasteiger partial charge is 0.508 e. The van der Waals surface area contributed by atoms with Gasteiger partial charge in [-0.1, -0.05) is 97.1 Å². The van der Waals surface area contributed by atoms with Gasteiger partial charge in [0, 0.05) is 50.9 Å². The number of para-hydroxylation sites is 2. The second kappa shape index (κ2) is 13.6. The lowest BCUT2D eigenvalue weighted by Gasteiger charge is -2.09. The summed E-state index contributed by atoms with van der Waals surface area (Å²) in [5, 5.41) is 23.7. The Morgan fingerprint density at radius 2 is 1.20 bits per heavy atom. The van der Waals surface area contributed by atoms with Crippen LogP contribution in [-0.2, 0) is 6.42 Å². The Hall–Kier alpha value is -7.71. The third kappa shape index (κ3) is 6.15. The zero-order valence-electron chi connectivity index (χ0n) is 29.8. The van der Waals surface area contributed by atoms with Crippen molar-refractivity contribution in [2.24, 2.45) is 0 Å². The molecule has 3 N–H and O–H groups in total. The van der Waals surface area contributed by atoms with Gasteiger partial charge in [-0.25, -0.2) is 9.97 Å². The summed E-state index contributed by atoms with van der Waals surface area (Å²) in [6.07, 6.45) is 4.21. The average molecular weight is 729 g/mol. The second-order valence-electron chi connectivity index (χ2n) is 13.7. The van der Waals surface area contributed by atoms with Crippen LogP contribution in [0.15, 0.2) is 173 Å². The number of benzene rings is 6. The SMILES string of the molecule is Oc1cc(-c2cccc(-c3oc(-c4cnc5ccccc5c4)nc3-c3ccccc3)c2)cc(-c2nc(Cc3c[nH]c4ccccc34)oc2-c2cccc(O)c2)c1. The highest BCUT2D eigenvalue weighted by molar-refractivity contribution is 5.87. The lowest BCUT2D eigenvalue weighted by atomic mass is 9.97. The molecule has 0 aliphatic rings. The van der Waals surface area contributed by atoms with Gasteiger partial charge in [0.2, 0.25) is 5.89 Å². The van der Waals surface area contributed by atoms with E-state index in [-0.39, 0.29) is 11.5 Å². The number of pyridine rings is 1. The van der Waals surface area contributed by atoms with Crippen LogP contribution in [0.5, 0.6) is 11.5 Å². The van der Waals surface area contributed by atoms with Gasteiger partial charge in [-0.2, -0.15) is 0 Å². The molecule has 0 unspecified atom stereocenters. The molecule has 8 heteroatoms. The summed E-state index contributed by atoms with van der Waals surface area (Å²) in [7, 11) is 0. The molecule has 0 aliphatic carbocycles. The highest BCUT2D eigenvalue weighted by atomic mass is 16.4. The fourth-order valence-electron chi connectivity index (χ4n) is 7.29. The van der Waals surface area contributed by atoms with Crippen molar-refractivity contribution >= 4 is 21.8 Å². The third-order valence-electron chi connectivity index (χ3n) is 9.96. The Kier molecular flexibility index (Phi) is 8.00. The number of aromatic hydroxyl groups is 2. The van der Waals surface area contributed by atoms with E-state index in [0.29, 0.717) is 52.2 Å². The molecule has 0 fully saturated rings. The van der Waals surface area contributed by atoms with Crippen LogP contribution < -0.4 is 0 Å². The first-order valence-electron chi connectivity index (χ1n) is 18.2. The van der Waals surface area contributed by atoms with Crippen LogP contribution >= 0.6 is 0 Å². The van der Waals surface area contributed by atoms with Gasteiger partial charge in [-0.3, -0.25) is 4.98 Å². The number of aromatic amines is 1. The van der Waals surface area contributed by atoms with Gasteiger partial charge >= 0.3 is 0 Å². The number of oxazole rings is 2.